The molecular formula is C17H10F3NO2. The molecule has 2 aromatic carbocycles. The molecule has 1 heterocycles. The molecule has 0 amide bonds. The summed E-state index contributed by atoms with van der Waals surface area (Å²) in [7, 11) is 0. The molecule has 0 aliphatic heterocycles. The van der Waals surface area contributed by atoms with Gasteiger partial charge in [-0.15, -0.1) is 0 Å². The second-order valence-electron chi connectivity index (χ2n) is 4.81. The van der Waals surface area contributed by atoms with Gasteiger partial charge in [-0.1, -0.05) is 53.7 Å². The van der Waals surface area contributed by atoms with Crippen LogP contribution in [0.15, 0.2) is 65.2 Å². The average Bonchev–Trinajstić information content (AvgIpc) is 3.04. The predicted octanol–water partition coefficient (Wildman–Crippen LogP) is 4.59. The third-order valence-corrected chi connectivity index (χ3v) is 3.28. The molecule has 0 aliphatic rings. The Kier molecular flexibility index (Phi) is 3.73. The first-order valence-corrected chi connectivity index (χ1v) is 6.70. The van der Waals surface area contributed by atoms with E-state index in [2.05, 4.69) is 5.16 Å². The molecule has 0 unspecified atom stereocenters. The van der Waals surface area contributed by atoms with Gasteiger partial charge in [0.05, 0.1) is 5.56 Å². The fraction of sp³-hybridized carbons (Fsp3) is 0.0588. The van der Waals surface area contributed by atoms with Crippen molar-refractivity contribution in [2.45, 2.75) is 6.18 Å². The number of carbonyl (C=O) groups excluding carboxylic acids is 1. The van der Waals surface area contributed by atoms with E-state index in [1.165, 1.54) is 18.2 Å². The molecule has 23 heavy (non-hydrogen) atoms. The Morgan fingerprint density at radius 2 is 1.61 bits per heavy atom. The smallest absolute Gasteiger partial charge is 0.356 e. The second kappa shape index (κ2) is 5.72. The molecule has 3 rings (SSSR count). The Balaban J connectivity index is 1.98. The van der Waals surface area contributed by atoms with Gasteiger partial charge in [0, 0.05) is 17.2 Å². The minimum absolute atomic E-state index is 0.166. The van der Waals surface area contributed by atoms with Gasteiger partial charge in [-0.25, -0.2) is 0 Å². The molecule has 0 spiro atoms. The van der Waals surface area contributed by atoms with Crippen molar-refractivity contribution in [3.05, 3.63) is 77.5 Å². The van der Waals surface area contributed by atoms with Crippen molar-refractivity contribution in [1.82, 2.24) is 5.16 Å². The first kappa shape index (κ1) is 15.0. The van der Waals surface area contributed by atoms with Crippen molar-refractivity contribution < 1.29 is 22.5 Å². The van der Waals surface area contributed by atoms with Gasteiger partial charge in [-0.05, 0) is 6.07 Å². The van der Waals surface area contributed by atoms with Crippen LogP contribution < -0.4 is 0 Å². The van der Waals surface area contributed by atoms with Gasteiger partial charge in [0.15, 0.2) is 11.5 Å². The molecule has 0 radical (unpaired) electrons. The molecule has 3 nitrogen and oxygen atoms in total. The zero-order chi connectivity index (χ0) is 16.4. The third-order valence-electron chi connectivity index (χ3n) is 3.28. The van der Waals surface area contributed by atoms with Gasteiger partial charge in [-0.3, -0.25) is 4.79 Å². The molecule has 0 N–H and O–H groups in total. The molecule has 0 atom stereocenters. The minimum atomic E-state index is -4.61. The predicted molar refractivity (Wildman–Crippen MR) is 76.8 cm³/mol. The molecule has 3 aromatic rings. The second-order valence-corrected chi connectivity index (χ2v) is 4.81. The molecule has 116 valence electrons. The van der Waals surface area contributed by atoms with E-state index in [1.54, 1.807) is 24.3 Å². The van der Waals surface area contributed by atoms with E-state index in [0.29, 0.717) is 11.3 Å². The van der Waals surface area contributed by atoms with Crippen molar-refractivity contribution in [3.8, 4) is 11.3 Å². The number of nitrogens with zero attached hydrogens (tertiary/aromatic N) is 1. The van der Waals surface area contributed by atoms with Crippen molar-refractivity contribution >= 4 is 5.78 Å². The summed E-state index contributed by atoms with van der Waals surface area (Å²) in [6.45, 7) is 0. The summed E-state index contributed by atoms with van der Waals surface area (Å²) >= 11 is 0. The van der Waals surface area contributed by atoms with E-state index < -0.39 is 23.1 Å². The van der Waals surface area contributed by atoms with E-state index in [9.17, 15) is 18.0 Å². The van der Waals surface area contributed by atoms with Crippen LogP contribution in [-0.4, -0.2) is 10.9 Å². The molecular weight excluding hydrogens is 307 g/mol. The van der Waals surface area contributed by atoms with Crippen LogP contribution in [0.1, 0.15) is 21.6 Å². The van der Waals surface area contributed by atoms with Crippen molar-refractivity contribution in [1.29, 1.82) is 0 Å². The first-order chi connectivity index (χ1) is 11.0. The standard InChI is InChI=1S/C17H10F3NO2/c18-17(19,20)13-9-5-4-8-12(13)16(22)14-10-15(23-21-14)11-6-2-1-3-7-11/h1-10H. The van der Waals surface area contributed by atoms with Gasteiger partial charge < -0.3 is 4.52 Å². The van der Waals surface area contributed by atoms with Crippen LogP contribution in [0, 0.1) is 0 Å². The molecule has 0 saturated carbocycles. The number of benzene rings is 2. The lowest BCUT2D eigenvalue weighted by atomic mass is 10.0. The summed E-state index contributed by atoms with van der Waals surface area (Å²) < 4.78 is 44.1. The summed E-state index contributed by atoms with van der Waals surface area (Å²) in [6.07, 6.45) is -4.61. The highest BCUT2D eigenvalue weighted by Crippen LogP contribution is 2.33. The molecule has 0 saturated heterocycles. The Labute approximate surface area is 129 Å². The van der Waals surface area contributed by atoms with Gasteiger partial charge in [0.25, 0.3) is 0 Å². The Morgan fingerprint density at radius 1 is 0.957 bits per heavy atom. The van der Waals surface area contributed by atoms with Crippen molar-refractivity contribution in [2.75, 3.05) is 0 Å². The fourth-order valence-electron chi connectivity index (χ4n) is 2.19. The molecule has 6 heteroatoms. The van der Waals surface area contributed by atoms with E-state index >= 15 is 0 Å². The number of aromatic nitrogens is 1. The third kappa shape index (κ3) is 3.01. The van der Waals surface area contributed by atoms with Crippen molar-refractivity contribution in [3.63, 3.8) is 0 Å². The number of carbonyl (C=O) groups is 1. The Bertz CT molecular complexity index is 838. The highest BCUT2D eigenvalue weighted by atomic mass is 19.4. The summed E-state index contributed by atoms with van der Waals surface area (Å²) in [5.74, 6) is -0.512. The molecule has 0 bridgehead atoms. The fourth-order valence-corrected chi connectivity index (χ4v) is 2.19. The first-order valence-electron chi connectivity index (χ1n) is 6.70. The lowest BCUT2D eigenvalue weighted by Crippen LogP contribution is -2.13. The zero-order valence-corrected chi connectivity index (χ0v) is 11.7. The monoisotopic (exact) mass is 317 g/mol. The zero-order valence-electron chi connectivity index (χ0n) is 11.7. The lowest BCUT2D eigenvalue weighted by molar-refractivity contribution is -0.137. The minimum Gasteiger partial charge on any atom is -0.356 e. The summed E-state index contributed by atoms with van der Waals surface area (Å²) in [4.78, 5) is 12.3. The van der Waals surface area contributed by atoms with Gasteiger partial charge in [0.2, 0.25) is 5.78 Å². The number of rotatable bonds is 3. The van der Waals surface area contributed by atoms with Crippen LogP contribution in [0.2, 0.25) is 0 Å². The highest BCUT2D eigenvalue weighted by Gasteiger charge is 2.35. The quantitative estimate of drug-likeness (QED) is 0.664. The number of ketones is 1. The lowest BCUT2D eigenvalue weighted by Gasteiger charge is -2.10. The van der Waals surface area contributed by atoms with Crippen LogP contribution in [0.25, 0.3) is 11.3 Å². The number of alkyl halides is 3. The number of hydrogen-bond donors (Lipinski definition) is 0. The molecule has 0 aliphatic carbocycles. The Morgan fingerprint density at radius 3 is 2.30 bits per heavy atom. The summed E-state index contributed by atoms with van der Waals surface area (Å²) in [6, 6.07) is 14.8. The normalized spacial score (nSPS) is 11.4. The molecule has 0 fully saturated rings. The summed E-state index contributed by atoms with van der Waals surface area (Å²) in [5, 5.41) is 3.60. The van der Waals surface area contributed by atoms with Gasteiger partial charge >= 0.3 is 6.18 Å². The number of halogens is 3. The summed E-state index contributed by atoms with van der Waals surface area (Å²) in [5.41, 5.74) is -0.925. The van der Waals surface area contributed by atoms with E-state index in [4.69, 9.17) is 4.52 Å². The van der Waals surface area contributed by atoms with Crippen molar-refractivity contribution in [2.24, 2.45) is 0 Å². The topological polar surface area (TPSA) is 43.1 Å². The van der Waals surface area contributed by atoms with E-state index in [1.807, 2.05) is 6.07 Å². The van der Waals surface area contributed by atoms with Gasteiger partial charge in [0.1, 0.15) is 0 Å². The Hall–Kier alpha value is -2.89. The van der Waals surface area contributed by atoms with Crippen LogP contribution in [0.5, 0.6) is 0 Å². The highest BCUT2D eigenvalue weighted by molar-refractivity contribution is 6.09. The maximum absolute atomic E-state index is 13.0. The van der Waals surface area contributed by atoms with E-state index in [-0.39, 0.29) is 5.69 Å². The SMILES string of the molecule is O=C(c1cc(-c2ccccc2)on1)c1ccccc1C(F)(F)F. The number of hydrogen-bond acceptors (Lipinski definition) is 3. The van der Waals surface area contributed by atoms with E-state index in [0.717, 1.165) is 12.1 Å². The van der Waals surface area contributed by atoms with Crippen LogP contribution in [0.4, 0.5) is 13.2 Å². The average molecular weight is 317 g/mol. The van der Waals surface area contributed by atoms with Crippen LogP contribution >= 0.6 is 0 Å². The largest absolute Gasteiger partial charge is 0.417 e. The maximum atomic E-state index is 13.0. The molecule has 1 aromatic heterocycles. The van der Waals surface area contributed by atoms with Crippen LogP contribution in [0.3, 0.4) is 0 Å². The van der Waals surface area contributed by atoms with Gasteiger partial charge in [-0.2, -0.15) is 13.2 Å². The van der Waals surface area contributed by atoms with Crippen LogP contribution in [-0.2, 0) is 6.18 Å². The maximum Gasteiger partial charge on any atom is 0.417 e.